The SMILES string of the molecule is CCN(CC)C(=O)c1ccc(C(c2cccc(O)c2)N2CC(C)N(C)CC2C)cc1. The molecule has 3 rings (SSSR count). The lowest BCUT2D eigenvalue weighted by atomic mass is 9.93. The Kier molecular flexibility index (Phi) is 7.16. The molecule has 30 heavy (non-hydrogen) atoms. The van der Waals surface area contributed by atoms with Crippen LogP contribution in [0.2, 0.25) is 0 Å². The van der Waals surface area contributed by atoms with Crippen molar-refractivity contribution >= 4 is 5.91 Å². The summed E-state index contributed by atoms with van der Waals surface area (Å²) in [5.74, 6) is 0.350. The molecule has 2 aromatic carbocycles. The number of hydrogen-bond acceptors (Lipinski definition) is 4. The molecule has 0 radical (unpaired) electrons. The highest BCUT2D eigenvalue weighted by molar-refractivity contribution is 5.94. The number of nitrogens with zero attached hydrogens (tertiary/aromatic N) is 3. The number of phenolic OH excluding ortho intramolecular Hbond substituents is 1. The average Bonchev–Trinajstić information content (AvgIpc) is 2.73. The molecule has 0 saturated carbocycles. The van der Waals surface area contributed by atoms with Crippen molar-refractivity contribution < 1.29 is 9.90 Å². The summed E-state index contributed by atoms with van der Waals surface area (Å²) < 4.78 is 0. The molecule has 5 nitrogen and oxygen atoms in total. The second-order valence-corrected chi connectivity index (χ2v) is 8.43. The van der Waals surface area contributed by atoms with E-state index >= 15 is 0 Å². The molecular formula is C25H35N3O2. The van der Waals surface area contributed by atoms with Gasteiger partial charge in [0.15, 0.2) is 0 Å². The zero-order valence-corrected chi connectivity index (χ0v) is 18.9. The zero-order valence-electron chi connectivity index (χ0n) is 18.9. The first-order chi connectivity index (χ1) is 14.3. The summed E-state index contributed by atoms with van der Waals surface area (Å²) in [4.78, 5) is 19.5. The van der Waals surface area contributed by atoms with Gasteiger partial charge in [0.2, 0.25) is 0 Å². The van der Waals surface area contributed by atoms with Crippen LogP contribution in [0.25, 0.3) is 0 Å². The maximum atomic E-state index is 12.7. The maximum Gasteiger partial charge on any atom is 0.253 e. The normalized spacial score (nSPS) is 21.4. The highest BCUT2D eigenvalue weighted by Crippen LogP contribution is 2.34. The maximum absolute atomic E-state index is 12.7. The molecule has 3 atom stereocenters. The average molecular weight is 410 g/mol. The van der Waals surface area contributed by atoms with Gasteiger partial charge < -0.3 is 14.9 Å². The Bertz CT molecular complexity index is 848. The molecule has 5 heteroatoms. The van der Waals surface area contributed by atoms with Crippen molar-refractivity contribution in [3.05, 3.63) is 65.2 Å². The molecule has 0 bridgehead atoms. The van der Waals surface area contributed by atoms with Crippen molar-refractivity contribution in [3.63, 3.8) is 0 Å². The second-order valence-electron chi connectivity index (χ2n) is 8.43. The number of likely N-dealkylation sites (N-methyl/N-ethyl adjacent to an activating group) is 1. The first-order valence-corrected chi connectivity index (χ1v) is 11.0. The first kappa shape index (κ1) is 22.3. The van der Waals surface area contributed by atoms with Gasteiger partial charge in [-0.2, -0.15) is 0 Å². The van der Waals surface area contributed by atoms with Crippen LogP contribution in [-0.4, -0.2) is 71.0 Å². The number of carbonyl (C=O) groups is 1. The van der Waals surface area contributed by atoms with Crippen LogP contribution in [0, 0.1) is 0 Å². The summed E-state index contributed by atoms with van der Waals surface area (Å²) in [6.45, 7) is 11.9. The van der Waals surface area contributed by atoms with Gasteiger partial charge >= 0.3 is 0 Å². The predicted molar refractivity (Wildman–Crippen MR) is 122 cm³/mol. The van der Waals surface area contributed by atoms with E-state index in [1.165, 1.54) is 0 Å². The Labute approximate surface area is 180 Å². The lowest BCUT2D eigenvalue weighted by Gasteiger charge is -2.46. The lowest BCUT2D eigenvalue weighted by Crippen LogP contribution is -2.55. The van der Waals surface area contributed by atoms with Gasteiger partial charge in [-0.15, -0.1) is 0 Å². The van der Waals surface area contributed by atoms with Crippen molar-refractivity contribution in [2.45, 2.75) is 45.8 Å². The van der Waals surface area contributed by atoms with Crippen LogP contribution >= 0.6 is 0 Å². The fourth-order valence-electron chi connectivity index (χ4n) is 4.46. The first-order valence-electron chi connectivity index (χ1n) is 11.0. The van der Waals surface area contributed by atoms with E-state index in [0.717, 1.165) is 29.8 Å². The van der Waals surface area contributed by atoms with Crippen molar-refractivity contribution in [2.75, 3.05) is 33.2 Å². The van der Waals surface area contributed by atoms with Crippen LogP contribution in [0.3, 0.4) is 0 Å². The van der Waals surface area contributed by atoms with Crippen LogP contribution in [0.1, 0.15) is 55.2 Å². The van der Waals surface area contributed by atoms with Gasteiger partial charge in [-0.1, -0.05) is 24.3 Å². The van der Waals surface area contributed by atoms with Crippen molar-refractivity contribution in [3.8, 4) is 5.75 Å². The number of phenols is 1. The number of piperazine rings is 1. The van der Waals surface area contributed by atoms with E-state index in [4.69, 9.17) is 0 Å². The quantitative estimate of drug-likeness (QED) is 0.784. The minimum Gasteiger partial charge on any atom is -0.508 e. The van der Waals surface area contributed by atoms with Crippen LogP contribution in [-0.2, 0) is 0 Å². The molecule has 162 valence electrons. The minimum absolute atomic E-state index is 0.0286. The Morgan fingerprint density at radius 2 is 1.70 bits per heavy atom. The standard InChI is InChI=1S/C25H35N3O2/c1-6-27(7-2)25(30)21-13-11-20(12-14-21)24(22-9-8-10-23(29)15-22)28-17-18(3)26(5)16-19(28)4/h8-15,18-19,24,29H,6-7,16-17H2,1-5H3. The molecule has 0 aromatic heterocycles. The topological polar surface area (TPSA) is 47.0 Å². The van der Waals surface area contributed by atoms with Crippen molar-refractivity contribution in [1.29, 1.82) is 0 Å². The summed E-state index contributed by atoms with van der Waals surface area (Å²) >= 11 is 0. The smallest absolute Gasteiger partial charge is 0.253 e. The predicted octanol–water partition coefficient (Wildman–Crippen LogP) is 3.99. The molecule has 1 heterocycles. The Hall–Kier alpha value is -2.37. The van der Waals surface area contributed by atoms with Gasteiger partial charge in [-0.3, -0.25) is 9.69 Å². The fraction of sp³-hybridized carbons (Fsp3) is 0.480. The third kappa shape index (κ3) is 4.68. The van der Waals surface area contributed by atoms with Crippen molar-refractivity contribution in [2.24, 2.45) is 0 Å². The number of benzene rings is 2. The second kappa shape index (κ2) is 9.63. The van der Waals surface area contributed by atoms with Crippen LogP contribution in [0.4, 0.5) is 0 Å². The molecule has 2 aromatic rings. The van der Waals surface area contributed by atoms with E-state index in [1.807, 2.05) is 43.0 Å². The summed E-state index contributed by atoms with van der Waals surface area (Å²) in [5.41, 5.74) is 2.93. The van der Waals surface area contributed by atoms with Crippen molar-refractivity contribution in [1.82, 2.24) is 14.7 Å². The summed E-state index contributed by atoms with van der Waals surface area (Å²) in [6, 6.07) is 16.4. The molecule has 1 amide bonds. The van der Waals surface area contributed by atoms with Gasteiger partial charge in [0.05, 0.1) is 6.04 Å². The monoisotopic (exact) mass is 409 g/mol. The third-order valence-corrected chi connectivity index (χ3v) is 6.39. The van der Waals surface area contributed by atoms with Gasteiger partial charge in [-0.05, 0) is 70.1 Å². The highest BCUT2D eigenvalue weighted by atomic mass is 16.3. The van der Waals surface area contributed by atoms with Gasteiger partial charge in [0, 0.05) is 43.8 Å². The number of hydrogen-bond donors (Lipinski definition) is 1. The Balaban J connectivity index is 1.97. The van der Waals surface area contributed by atoms with E-state index in [0.29, 0.717) is 25.2 Å². The molecule has 1 aliphatic heterocycles. The molecular weight excluding hydrogens is 374 g/mol. The van der Waals surface area contributed by atoms with Crippen LogP contribution < -0.4 is 0 Å². The van der Waals surface area contributed by atoms with E-state index in [-0.39, 0.29) is 17.7 Å². The van der Waals surface area contributed by atoms with E-state index < -0.39 is 0 Å². The number of aromatic hydroxyl groups is 1. The van der Waals surface area contributed by atoms with Gasteiger partial charge in [-0.25, -0.2) is 0 Å². The van der Waals surface area contributed by atoms with E-state index in [2.05, 4.69) is 48.9 Å². The Morgan fingerprint density at radius 3 is 2.30 bits per heavy atom. The van der Waals surface area contributed by atoms with E-state index in [1.54, 1.807) is 6.07 Å². The third-order valence-electron chi connectivity index (χ3n) is 6.39. The lowest BCUT2D eigenvalue weighted by molar-refractivity contribution is 0.0389. The summed E-state index contributed by atoms with van der Waals surface area (Å²) in [6.07, 6.45) is 0. The minimum atomic E-state index is 0.0286. The molecule has 1 N–H and O–H groups in total. The number of amides is 1. The molecule has 3 unspecified atom stereocenters. The van der Waals surface area contributed by atoms with Gasteiger partial charge in [0.25, 0.3) is 5.91 Å². The zero-order chi connectivity index (χ0) is 21.8. The van der Waals surface area contributed by atoms with E-state index in [9.17, 15) is 9.90 Å². The molecule has 1 fully saturated rings. The molecule has 1 aliphatic rings. The molecule has 0 aliphatic carbocycles. The van der Waals surface area contributed by atoms with Gasteiger partial charge in [0.1, 0.15) is 5.75 Å². The summed E-state index contributed by atoms with van der Waals surface area (Å²) in [7, 11) is 2.18. The molecule has 1 saturated heterocycles. The Morgan fingerprint density at radius 1 is 1.03 bits per heavy atom. The largest absolute Gasteiger partial charge is 0.508 e. The fourth-order valence-corrected chi connectivity index (χ4v) is 4.46. The highest BCUT2D eigenvalue weighted by Gasteiger charge is 2.33. The van der Waals surface area contributed by atoms with Crippen LogP contribution in [0.15, 0.2) is 48.5 Å². The van der Waals surface area contributed by atoms with Crippen LogP contribution in [0.5, 0.6) is 5.75 Å². The molecule has 0 spiro atoms. The summed E-state index contributed by atoms with van der Waals surface area (Å²) in [5, 5.41) is 10.1. The number of carbonyl (C=O) groups excluding carboxylic acids is 1. The number of rotatable bonds is 6.